The second-order valence-electron chi connectivity index (χ2n) is 5.18. The summed E-state index contributed by atoms with van der Waals surface area (Å²) in [6, 6.07) is 1.78. The summed E-state index contributed by atoms with van der Waals surface area (Å²) in [5.41, 5.74) is 0.698. The third kappa shape index (κ3) is 2.84. The van der Waals surface area contributed by atoms with Crippen LogP contribution in [0.15, 0.2) is 12.3 Å². The Labute approximate surface area is 131 Å². The molecule has 1 fully saturated rings. The third-order valence-corrected chi connectivity index (χ3v) is 4.52. The SMILES string of the molecule is Cc1nsc(N2CCN(c3cc(C)c([N+](=O)[O-])cn3)CC2)n1. The number of aryl methyl sites for hydroxylation is 2. The molecule has 8 nitrogen and oxygen atoms in total. The fraction of sp³-hybridized carbons (Fsp3) is 0.462. The maximum atomic E-state index is 10.8. The van der Waals surface area contributed by atoms with E-state index in [2.05, 4.69) is 24.1 Å². The highest BCUT2D eigenvalue weighted by atomic mass is 32.1. The van der Waals surface area contributed by atoms with Crippen molar-refractivity contribution in [3.8, 4) is 0 Å². The van der Waals surface area contributed by atoms with Gasteiger partial charge < -0.3 is 9.80 Å². The quantitative estimate of drug-likeness (QED) is 0.629. The van der Waals surface area contributed by atoms with Crippen molar-refractivity contribution in [2.45, 2.75) is 13.8 Å². The van der Waals surface area contributed by atoms with Gasteiger partial charge >= 0.3 is 0 Å². The Kier molecular flexibility index (Phi) is 3.88. The van der Waals surface area contributed by atoms with Crippen LogP contribution in [0.5, 0.6) is 0 Å². The number of nitrogens with zero attached hydrogens (tertiary/aromatic N) is 6. The van der Waals surface area contributed by atoms with Crippen molar-refractivity contribution >= 4 is 28.2 Å². The van der Waals surface area contributed by atoms with Gasteiger partial charge in [-0.25, -0.2) is 9.97 Å². The van der Waals surface area contributed by atoms with Crippen molar-refractivity contribution in [3.63, 3.8) is 0 Å². The topological polar surface area (TPSA) is 88.3 Å². The highest BCUT2D eigenvalue weighted by Gasteiger charge is 2.22. The van der Waals surface area contributed by atoms with Crippen LogP contribution in [0.3, 0.4) is 0 Å². The number of pyridine rings is 1. The van der Waals surface area contributed by atoms with E-state index in [9.17, 15) is 10.1 Å². The Morgan fingerprint density at radius 3 is 2.45 bits per heavy atom. The predicted molar refractivity (Wildman–Crippen MR) is 84.7 cm³/mol. The Hall–Kier alpha value is -2.29. The smallest absolute Gasteiger partial charge is 0.290 e. The van der Waals surface area contributed by atoms with Gasteiger partial charge in [-0.05, 0) is 19.9 Å². The molecule has 0 spiro atoms. The minimum Gasteiger partial charge on any atom is -0.353 e. The number of hydrogen-bond acceptors (Lipinski definition) is 8. The van der Waals surface area contributed by atoms with Crippen LogP contribution in [0.2, 0.25) is 0 Å². The van der Waals surface area contributed by atoms with Gasteiger partial charge in [0, 0.05) is 43.3 Å². The van der Waals surface area contributed by atoms with Crippen molar-refractivity contribution in [2.24, 2.45) is 0 Å². The summed E-state index contributed by atoms with van der Waals surface area (Å²) in [7, 11) is 0. The van der Waals surface area contributed by atoms with Crippen LogP contribution >= 0.6 is 11.5 Å². The molecule has 2 aromatic rings. The molecule has 0 bridgehead atoms. The number of rotatable bonds is 3. The van der Waals surface area contributed by atoms with Crippen LogP contribution in [0, 0.1) is 24.0 Å². The van der Waals surface area contributed by atoms with E-state index < -0.39 is 4.92 Å². The maximum absolute atomic E-state index is 10.8. The molecular formula is C13H16N6O2S. The Balaban J connectivity index is 1.68. The van der Waals surface area contributed by atoms with E-state index in [0.29, 0.717) is 5.56 Å². The van der Waals surface area contributed by atoms with Gasteiger partial charge in [0.05, 0.1) is 4.92 Å². The number of aromatic nitrogens is 3. The van der Waals surface area contributed by atoms with E-state index in [1.165, 1.54) is 17.7 Å². The molecule has 0 amide bonds. The van der Waals surface area contributed by atoms with Crippen LogP contribution in [0.1, 0.15) is 11.4 Å². The molecular weight excluding hydrogens is 304 g/mol. The monoisotopic (exact) mass is 320 g/mol. The number of anilines is 2. The lowest BCUT2D eigenvalue weighted by molar-refractivity contribution is -0.385. The number of piperazine rings is 1. The molecule has 1 aliphatic heterocycles. The van der Waals surface area contributed by atoms with E-state index in [0.717, 1.165) is 43.0 Å². The van der Waals surface area contributed by atoms with Gasteiger partial charge in [0.1, 0.15) is 17.8 Å². The van der Waals surface area contributed by atoms with Crippen molar-refractivity contribution < 1.29 is 4.92 Å². The second-order valence-corrected chi connectivity index (χ2v) is 5.91. The van der Waals surface area contributed by atoms with Crippen molar-refractivity contribution in [2.75, 3.05) is 36.0 Å². The molecule has 0 atom stereocenters. The van der Waals surface area contributed by atoms with Crippen molar-refractivity contribution in [1.29, 1.82) is 0 Å². The first-order valence-electron chi connectivity index (χ1n) is 6.96. The lowest BCUT2D eigenvalue weighted by Gasteiger charge is -2.35. The second kappa shape index (κ2) is 5.84. The molecule has 1 saturated heterocycles. The number of hydrogen-bond donors (Lipinski definition) is 0. The van der Waals surface area contributed by atoms with Gasteiger partial charge in [-0.1, -0.05) is 0 Å². The molecule has 116 valence electrons. The molecule has 1 aliphatic rings. The van der Waals surface area contributed by atoms with Gasteiger partial charge in [0.15, 0.2) is 0 Å². The van der Waals surface area contributed by atoms with Crippen LogP contribution < -0.4 is 9.80 Å². The Morgan fingerprint density at radius 1 is 1.23 bits per heavy atom. The van der Waals surface area contributed by atoms with Crippen LogP contribution in [-0.4, -0.2) is 45.4 Å². The largest absolute Gasteiger partial charge is 0.353 e. The maximum Gasteiger partial charge on any atom is 0.290 e. The van der Waals surface area contributed by atoms with E-state index >= 15 is 0 Å². The average Bonchev–Trinajstić information content (AvgIpc) is 2.93. The van der Waals surface area contributed by atoms with Gasteiger partial charge in [-0.2, -0.15) is 4.37 Å². The fourth-order valence-corrected chi connectivity index (χ4v) is 3.16. The molecule has 9 heteroatoms. The average molecular weight is 320 g/mol. The standard InChI is InChI=1S/C13H16N6O2S/c1-9-7-12(14-8-11(9)19(20)21)17-3-5-18(6-4-17)13-15-10(2)16-22-13/h7-8H,3-6H2,1-2H3. The zero-order chi connectivity index (χ0) is 15.7. The van der Waals surface area contributed by atoms with Crippen LogP contribution in [0.25, 0.3) is 0 Å². The van der Waals surface area contributed by atoms with Crippen molar-refractivity contribution in [1.82, 2.24) is 14.3 Å². The van der Waals surface area contributed by atoms with E-state index in [-0.39, 0.29) is 5.69 Å². The summed E-state index contributed by atoms with van der Waals surface area (Å²) in [6.07, 6.45) is 1.34. The minimum atomic E-state index is -0.401. The summed E-state index contributed by atoms with van der Waals surface area (Å²) < 4.78 is 4.21. The molecule has 0 aromatic carbocycles. The Bertz CT molecular complexity index is 696. The van der Waals surface area contributed by atoms with Gasteiger partial charge in [0.25, 0.3) is 5.69 Å². The first kappa shape index (κ1) is 14.6. The molecule has 0 saturated carbocycles. The normalized spacial score (nSPS) is 15.2. The predicted octanol–water partition coefficient (Wildman–Crippen LogP) is 1.78. The van der Waals surface area contributed by atoms with Crippen molar-refractivity contribution in [3.05, 3.63) is 33.8 Å². The lowest BCUT2D eigenvalue weighted by atomic mass is 10.2. The molecule has 0 aliphatic carbocycles. The van der Waals surface area contributed by atoms with Gasteiger partial charge in [-0.15, -0.1) is 0 Å². The van der Waals surface area contributed by atoms with Crippen LogP contribution in [0.4, 0.5) is 16.6 Å². The van der Waals surface area contributed by atoms with Crippen LogP contribution in [-0.2, 0) is 0 Å². The first-order chi connectivity index (χ1) is 10.5. The van der Waals surface area contributed by atoms with E-state index in [4.69, 9.17) is 0 Å². The van der Waals surface area contributed by atoms with E-state index in [1.807, 2.05) is 6.92 Å². The zero-order valence-corrected chi connectivity index (χ0v) is 13.2. The lowest BCUT2D eigenvalue weighted by Crippen LogP contribution is -2.46. The summed E-state index contributed by atoms with van der Waals surface area (Å²) in [4.78, 5) is 23.4. The zero-order valence-electron chi connectivity index (χ0n) is 12.4. The van der Waals surface area contributed by atoms with Gasteiger partial charge in [-0.3, -0.25) is 10.1 Å². The summed E-state index contributed by atoms with van der Waals surface area (Å²) >= 11 is 1.42. The molecule has 0 radical (unpaired) electrons. The summed E-state index contributed by atoms with van der Waals surface area (Å²) in [5.74, 6) is 1.59. The third-order valence-electron chi connectivity index (χ3n) is 3.66. The molecule has 2 aromatic heterocycles. The number of nitro groups is 1. The van der Waals surface area contributed by atoms with E-state index in [1.54, 1.807) is 13.0 Å². The molecule has 22 heavy (non-hydrogen) atoms. The Morgan fingerprint density at radius 2 is 1.91 bits per heavy atom. The highest BCUT2D eigenvalue weighted by Crippen LogP contribution is 2.24. The molecule has 0 N–H and O–H groups in total. The summed E-state index contributed by atoms with van der Waals surface area (Å²) in [5, 5.41) is 11.8. The fourth-order valence-electron chi connectivity index (χ4n) is 2.44. The summed E-state index contributed by atoms with van der Waals surface area (Å²) in [6.45, 7) is 6.92. The molecule has 3 heterocycles. The first-order valence-corrected chi connectivity index (χ1v) is 7.73. The molecule has 3 rings (SSSR count). The minimum absolute atomic E-state index is 0.0618. The molecule has 0 unspecified atom stereocenters. The highest BCUT2D eigenvalue weighted by molar-refractivity contribution is 7.09. The van der Waals surface area contributed by atoms with Gasteiger partial charge in [0.2, 0.25) is 5.13 Å².